The zero-order valence-electron chi connectivity index (χ0n) is 7.98. The molecule has 0 saturated heterocycles. The Morgan fingerprint density at radius 2 is 2.38 bits per heavy atom. The molecular weight excluding hydrogens is 281 g/mol. The maximum Gasteiger partial charge on any atom is 0.348 e. The van der Waals surface area contributed by atoms with Crippen LogP contribution in [0.15, 0.2) is 27.8 Å². The number of aliphatic carboxylic acids is 1. The van der Waals surface area contributed by atoms with E-state index in [0.29, 0.717) is 10.2 Å². The first kappa shape index (κ1) is 11.1. The Labute approximate surface area is 98.8 Å². The number of carboxylic acid groups (broad SMARTS) is 1. The molecule has 0 aliphatic carbocycles. The summed E-state index contributed by atoms with van der Waals surface area (Å²) in [4.78, 5) is 15.3. The van der Waals surface area contributed by atoms with Crippen molar-refractivity contribution in [2.24, 2.45) is 5.16 Å². The number of benzene rings is 1. The largest absolute Gasteiger partial charge is 0.478 e. The molecule has 1 aromatic carbocycles. The molecular formula is C10H7BrFNO3. The van der Waals surface area contributed by atoms with Crippen LogP contribution in [0.1, 0.15) is 12.0 Å². The van der Waals surface area contributed by atoms with Gasteiger partial charge in [0.2, 0.25) is 6.10 Å². The maximum atomic E-state index is 13.4. The molecule has 6 heteroatoms. The highest BCUT2D eigenvalue weighted by atomic mass is 79.9. The summed E-state index contributed by atoms with van der Waals surface area (Å²) in [6.07, 6.45) is -0.948. The van der Waals surface area contributed by atoms with Crippen molar-refractivity contribution in [1.82, 2.24) is 0 Å². The van der Waals surface area contributed by atoms with Crippen LogP contribution < -0.4 is 0 Å². The molecule has 84 valence electrons. The van der Waals surface area contributed by atoms with E-state index in [0.717, 1.165) is 0 Å². The quantitative estimate of drug-likeness (QED) is 0.907. The molecule has 0 fully saturated rings. The SMILES string of the molecule is O=C(O)[C@@H]1CC(c2cc(Br)ccc2F)=NO1. The van der Waals surface area contributed by atoms with Crippen LogP contribution >= 0.6 is 15.9 Å². The van der Waals surface area contributed by atoms with E-state index in [1.165, 1.54) is 6.07 Å². The van der Waals surface area contributed by atoms with Crippen molar-refractivity contribution < 1.29 is 19.1 Å². The summed E-state index contributed by atoms with van der Waals surface area (Å²) in [6, 6.07) is 4.39. The van der Waals surface area contributed by atoms with Gasteiger partial charge in [0, 0.05) is 16.5 Å². The number of carbonyl (C=O) groups is 1. The molecule has 0 amide bonds. The number of oxime groups is 1. The Morgan fingerprint density at radius 1 is 1.62 bits per heavy atom. The summed E-state index contributed by atoms with van der Waals surface area (Å²) in [7, 11) is 0. The monoisotopic (exact) mass is 287 g/mol. The Hall–Kier alpha value is -1.43. The number of hydrogen-bond acceptors (Lipinski definition) is 3. The van der Waals surface area contributed by atoms with E-state index < -0.39 is 17.9 Å². The van der Waals surface area contributed by atoms with E-state index in [9.17, 15) is 9.18 Å². The van der Waals surface area contributed by atoms with Crippen LogP contribution in [0.3, 0.4) is 0 Å². The molecule has 16 heavy (non-hydrogen) atoms. The predicted octanol–water partition coefficient (Wildman–Crippen LogP) is 2.17. The number of halogens is 2. The molecule has 1 N–H and O–H groups in total. The smallest absolute Gasteiger partial charge is 0.348 e. The maximum absolute atomic E-state index is 13.4. The first-order chi connectivity index (χ1) is 7.58. The van der Waals surface area contributed by atoms with Crippen molar-refractivity contribution in [3.8, 4) is 0 Å². The van der Waals surface area contributed by atoms with Gasteiger partial charge >= 0.3 is 5.97 Å². The molecule has 0 spiro atoms. The normalized spacial score (nSPS) is 19.1. The lowest BCUT2D eigenvalue weighted by Crippen LogP contribution is -2.20. The first-order valence-corrected chi connectivity index (χ1v) is 5.28. The van der Waals surface area contributed by atoms with Gasteiger partial charge in [0.25, 0.3) is 0 Å². The minimum Gasteiger partial charge on any atom is -0.478 e. The molecule has 1 heterocycles. The molecule has 0 radical (unpaired) electrons. The average Bonchev–Trinajstić information content (AvgIpc) is 2.70. The molecule has 1 atom stereocenters. The molecule has 0 bridgehead atoms. The number of carboxylic acids is 1. The van der Waals surface area contributed by atoms with Gasteiger partial charge in [-0.2, -0.15) is 0 Å². The molecule has 4 nitrogen and oxygen atoms in total. The van der Waals surface area contributed by atoms with Gasteiger partial charge in [-0.25, -0.2) is 9.18 Å². The fourth-order valence-electron chi connectivity index (χ4n) is 1.39. The molecule has 1 aromatic rings. The predicted molar refractivity (Wildman–Crippen MR) is 57.8 cm³/mol. The second kappa shape index (κ2) is 4.21. The van der Waals surface area contributed by atoms with E-state index in [-0.39, 0.29) is 12.0 Å². The minimum atomic E-state index is -1.10. The van der Waals surface area contributed by atoms with Gasteiger partial charge < -0.3 is 9.94 Å². The van der Waals surface area contributed by atoms with Crippen LogP contribution in [0.5, 0.6) is 0 Å². The summed E-state index contributed by atoms with van der Waals surface area (Å²) < 4.78 is 14.1. The second-order valence-corrected chi connectivity index (χ2v) is 4.21. The standard InChI is InChI=1S/C10H7BrFNO3/c11-5-1-2-7(12)6(3-5)8-4-9(10(14)15)16-13-8/h1-3,9H,4H2,(H,14,15)/t9-/m0/s1. The summed E-state index contributed by atoms with van der Waals surface area (Å²) in [5, 5.41) is 12.3. The number of rotatable bonds is 2. The fourth-order valence-corrected chi connectivity index (χ4v) is 1.75. The molecule has 0 saturated carbocycles. The lowest BCUT2D eigenvalue weighted by Gasteiger charge is -2.02. The van der Waals surface area contributed by atoms with Gasteiger partial charge in [-0.05, 0) is 18.2 Å². The summed E-state index contributed by atoms with van der Waals surface area (Å²) >= 11 is 3.21. The Kier molecular flexibility index (Phi) is 2.91. The van der Waals surface area contributed by atoms with Gasteiger partial charge in [0.1, 0.15) is 5.82 Å². The van der Waals surface area contributed by atoms with E-state index in [2.05, 4.69) is 25.9 Å². The Balaban J connectivity index is 2.27. The van der Waals surface area contributed by atoms with Crippen LogP contribution in [0.2, 0.25) is 0 Å². The molecule has 1 aliphatic heterocycles. The Morgan fingerprint density at radius 3 is 3.00 bits per heavy atom. The van der Waals surface area contributed by atoms with E-state index in [4.69, 9.17) is 5.11 Å². The topological polar surface area (TPSA) is 58.9 Å². The molecule has 2 rings (SSSR count). The van der Waals surface area contributed by atoms with E-state index in [1.54, 1.807) is 12.1 Å². The van der Waals surface area contributed by atoms with Gasteiger partial charge in [0.15, 0.2) is 0 Å². The third-order valence-corrected chi connectivity index (χ3v) is 2.68. The van der Waals surface area contributed by atoms with Crippen molar-refractivity contribution in [2.45, 2.75) is 12.5 Å². The summed E-state index contributed by atoms with van der Waals surface area (Å²) in [5.74, 6) is -1.55. The lowest BCUT2D eigenvalue weighted by atomic mass is 10.0. The third kappa shape index (κ3) is 2.06. The second-order valence-electron chi connectivity index (χ2n) is 3.30. The molecule has 1 aliphatic rings. The highest BCUT2D eigenvalue weighted by molar-refractivity contribution is 9.10. The number of nitrogens with zero attached hydrogens (tertiary/aromatic N) is 1. The highest BCUT2D eigenvalue weighted by Gasteiger charge is 2.29. The lowest BCUT2D eigenvalue weighted by molar-refractivity contribution is -0.148. The zero-order chi connectivity index (χ0) is 11.7. The fraction of sp³-hybridized carbons (Fsp3) is 0.200. The van der Waals surface area contributed by atoms with Crippen LogP contribution in [-0.2, 0) is 9.63 Å². The number of hydrogen-bond donors (Lipinski definition) is 1. The summed E-state index contributed by atoms with van der Waals surface area (Å²) in [6.45, 7) is 0. The van der Waals surface area contributed by atoms with Gasteiger partial charge in [-0.15, -0.1) is 0 Å². The van der Waals surface area contributed by atoms with E-state index >= 15 is 0 Å². The van der Waals surface area contributed by atoms with E-state index in [1.807, 2.05) is 0 Å². The van der Waals surface area contributed by atoms with Crippen LogP contribution in [0, 0.1) is 5.82 Å². The van der Waals surface area contributed by atoms with Crippen molar-refractivity contribution in [2.75, 3.05) is 0 Å². The molecule has 0 aromatic heterocycles. The van der Waals surface area contributed by atoms with Crippen molar-refractivity contribution in [3.05, 3.63) is 34.1 Å². The molecule has 0 unspecified atom stereocenters. The van der Waals surface area contributed by atoms with Crippen molar-refractivity contribution >= 4 is 27.6 Å². The highest BCUT2D eigenvalue weighted by Crippen LogP contribution is 2.22. The van der Waals surface area contributed by atoms with Crippen LogP contribution in [0.25, 0.3) is 0 Å². The van der Waals surface area contributed by atoms with Crippen LogP contribution in [-0.4, -0.2) is 22.9 Å². The van der Waals surface area contributed by atoms with Crippen LogP contribution in [0.4, 0.5) is 4.39 Å². The Bertz CT molecular complexity index is 475. The third-order valence-electron chi connectivity index (χ3n) is 2.18. The average molecular weight is 288 g/mol. The van der Waals surface area contributed by atoms with Gasteiger partial charge in [-0.3, -0.25) is 0 Å². The van der Waals surface area contributed by atoms with Crippen molar-refractivity contribution in [1.29, 1.82) is 0 Å². The summed E-state index contributed by atoms with van der Waals surface area (Å²) in [5.41, 5.74) is 0.573. The van der Waals surface area contributed by atoms with Gasteiger partial charge in [0.05, 0.1) is 5.71 Å². The zero-order valence-corrected chi connectivity index (χ0v) is 9.57. The minimum absolute atomic E-state index is 0.0721. The van der Waals surface area contributed by atoms with Crippen molar-refractivity contribution in [3.63, 3.8) is 0 Å². The van der Waals surface area contributed by atoms with Gasteiger partial charge in [-0.1, -0.05) is 21.1 Å². The first-order valence-electron chi connectivity index (χ1n) is 4.49.